The molecule has 3 heterocycles. The van der Waals surface area contributed by atoms with Gasteiger partial charge in [-0.1, -0.05) is 85.2 Å². The van der Waals surface area contributed by atoms with Gasteiger partial charge in [0.05, 0.1) is 13.7 Å². The van der Waals surface area contributed by atoms with Gasteiger partial charge in [0.25, 0.3) is 0 Å². The topological polar surface area (TPSA) is 38.9 Å². The van der Waals surface area contributed by atoms with Crippen LogP contribution in [0.15, 0.2) is 126 Å². The van der Waals surface area contributed by atoms with Gasteiger partial charge in [-0.05, 0) is 51.1 Å². The Labute approximate surface area is 296 Å². The molecule has 0 saturated heterocycles. The molecular weight excluding hydrogens is 814 g/mol. The third-order valence-corrected chi connectivity index (χ3v) is 10.3. The number of rotatable bonds is 4. The van der Waals surface area contributed by atoms with Gasteiger partial charge >= 0.3 is 0 Å². The van der Waals surface area contributed by atoms with Crippen molar-refractivity contribution >= 4 is 46.0 Å². The van der Waals surface area contributed by atoms with Crippen LogP contribution in [-0.2, 0) is 20.1 Å². The van der Waals surface area contributed by atoms with E-state index < -0.39 is 25.5 Å². The maximum atomic E-state index is 14.3. The van der Waals surface area contributed by atoms with Crippen molar-refractivity contribution in [2.75, 3.05) is 0 Å². The van der Waals surface area contributed by atoms with E-state index in [0.29, 0.717) is 22.3 Å². The second-order valence-electron chi connectivity index (χ2n) is 12.5. The van der Waals surface area contributed by atoms with Crippen molar-refractivity contribution in [3.05, 3.63) is 151 Å². The van der Waals surface area contributed by atoms with Crippen molar-refractivity contribution in [2.45, 2.75) is 19.6 Å². The summed E-state index contributed by atoms with van der Waals surface area (Å²) in [5.74, 6) is -3.94. The molecule has 0 saturated carbocycles. The first kappa shape index (κ1) is 34.0. The van der Waals surface area contributed by atoms with Crippen LogP contribution in [0.4, 0.5) is 13.2 Å². The zero-order chi connectivity index (χ0) is 33.4. The predicted octanol–water partition coefficient (Wildman–Crippen LogP) is 10.8. The summed E-state index contributed by atoms with van der Waals surface area (Å²) in [5, 5.41) is 5.16. The number of hydrogen-bond acceptors (Lipinski definition) is 3. The van der Waals surface area contributed by atoms with Crippen molar-refractivity contribution in [2.24, 2.45) is 0 Å². The number of hydrogen-bond donors (Lipinski definition) is 0. The number of furan rings is 1. The van der Waals surface area contributed by atoms with E-state index in [1.54, 1.807) is 18.2 Å². The fraction of sp³-hybridized carbons (Fsp3) is 0.0732. The van der Waals surface area contributed by atoms with Crippen molar-refractivity contribution in [1.82, 2.24) is 9.97 Å². The van der Waals surface area contributed by atoms with Gasteiger partial charge in [0.15, 0.2) is 17.5 Å². The number of pyridine rings is 2. The molecule has 5 aromatic carbocycles. The van der Waals surface area contributed by atoms with Crippen LogP contribution >= 0.6 is 0 Å². The average molecular weight is 843 g/mol. The first-order chi connectivity index (χ1) is 23.2. The number of fused-ring (bicyclic) bond motifs is 4. The van der Waals surface area contributed by atoms with Gasteiger partial charge in [0.2, 0.25) is 0 Å². The summed E-state index contributed by atoms with van der Waals surface area (Å²) < 4.78 is 47.5. The molecule has 0 amide bonds. The second-order valence-corrected chi connectivity index (χ2v) is 17.6. The minimum atomic E-state index is -1.49. The normalized spacial score (nSPS) is 11.3. The maximum absolute atomic E-state index is 14.3. The fourth-order valence-electron chi connectivity index (χ4n) is 5.62. The minimum Gasteiger partial charge on any atom is -0.501 e. The summed E-state index contributed by atoms with van der Waals surface area (Å²) in [6, 6.07) is 39.5. The van der Waals surface area contributed by atoms with E-state index in [-0.39, 0.29) is 25.7 Å². The summed E-state index contributed by atoms with van der Waals surface area (Å²) in [6.07, 6.45) is 3.83. The number of aromatic nitrogens is 2. The van der Waals surface area contributed by atoms with Gasteiger partial charge in [-0.3, -0.25) is 0 Å². The molecule has 0 unspecified atom stereocenters. The van der Waals surface area contributed by atoms with Gasteiger partial charge in [0.1, 0.15) is 5.58 Å². The second kappa shape index (κ2) is 13.9. The quantitative estimate of drug-likeness (QED) is 0.101. The van der Waals surface area contributed by atoms with Gasteiger partial charge in [-0.15, -0.1) is 54.1 Å². The van der Waals surface area contributed by atoms with Crippen LogP contribution in [0, 0.1) is 29.6 Å². The SMILES string of the molecule is C[Si](C)(C)c1ccc(-c2[c-]cccc2)nc1.Fc1ccc(-c2ccc3c(c2)oc2c(-c4cc5ccccc5cn4)[c-]ccc23)c(F)c1F.[Ir]. The molecule has 0 fully saturated rings. The standard InChI is InChI=1S/C27H13F3NO.C14H16NSi.Ir/c28-22-11-10-18(25(29)26(22)30)16-8-9-19-20-6-3-7-21(27(20)32-24(19)13-16)23-12-15-4-1-2-5-17(15)14-31-23;1-16(2,3)13-9-10-14(15-11-13)12-7-5-4-6-8-12;/h1-6,8-14H;4-7,9-11H,1-3H3;/q2*-1;. The predicted molar refractivity (Wildman–Crippen MR) is 190 cm³/mol. The fourth-order valence-corrected chi connectivity index (χ4v) is 6.65. The Kier molecular flexibility index (Phi) is 9.66. The van der Waals surface area contributed by atoms with Gasteiger partial charge < -0.3 is 14.4 Å². The molecule has 49 heavy (non-hydrogen) atoms. The first-order valence-corrected chi connectivity index (χ1v) is 19.0. The summed E-state index contributed by atoms with van der Waals surface area (Å²) in [5.41, 5.74) is 4.96. The van der Waals surface area contributed by atoms with Crippen LogP contribution in [0.2, 0.25) is 19.6 Å². The van der Waals surface area contributed by atoms with E-state index >= 15 is 0 Å². The van der Waals surface area contributed by atoms with Crippen LogP contribution in [-0.4, -0.2) is 18.0 Å². The minimum absolute atomic E-state index is 0. The Bertz CT molecular complexity index is 2420. The molecule has 3 nitrogen and oxygen atoms in total. The molecular formula is C41H29F3IrN2OSi-2. The molecule has 8 aromatic rings. The number of halogens is 3. The van der Waals surface area contributed by atoms with Crippen molar-refractivity contribution in [3.63, 3.8) is 0 Å². The Balaban J connectivity index is 0.000000208. The number of nitrogens with zero attached hydrogens (tertiary/aromatic N) is 2. The molecule has 0 aliphatic heterocycles. The monoisotopic (exact) mass is 843 g/mol. The van der Waals surface area contributed by atoms with E-state index in [2.05, 4.69) is 53.9 Å². The van der Waals surface area contributed by atoms with Crippen molar-refractivity contribution in [1.29, 1.82) is 0 Å². The van der Waals surface area contributed by atoms with Crippen molar-refractivity contribution < 1.29 is 37.7 Å². The van der Waals surface area contributed by atoms with Gasteiger partial charge in [-0.2, -0.15) is 0 Å². The molecule has 0 bridgehead atoms. The largest absolute Gasteiger partial charge is 0.501 e. The molecule has 0 aliphatic carbocycles. The molecule has 8 heteroatoms. The maximum Gasteiger partial charge on any atom is 0.195 e. The zero-order valence-electron chi connectivity index (χ0n) is 26.8. The van der Waals surface area contributed by atoms with E-state index in [1.807, 2.05) is 79.1 Å². The third-order valence-electron chi connectivity index (χ3n) is 8.28. The Morgan fingerprint density at radius 2 is 1.43 bits per heavy atom. The van der Waals surface area contributed by atoms with E-state index in [9.17, 15) is 13.2 Å². The molecule has 0 N–H and O–H groups in total. The van der Waals surface area contributed by atoms with Gasteiger partial charge in [0, 0.05) is 43.4 Å². The van der Waals surface area contributed by atoms with Crippen LogP contribution < -0.4 is 5.19 Å². The van der Waals surface area contributed by atoms with E-state index in [1.165, 1.54) is 11.3 Å². The average Bonchev–Trinajstić information content (AvgIpc) is 3.49. The van der Waals surface area contributed by atoms with Crippen LogP contribution in [0.25, 0.3) is 66.4 Å². The Morgan fingerprint density at radius 1 is 0.653 bits per heavy atom. The zero-order valence-corrected chi connectivity index (χ0v) is 30.2. The smallest absolute Gasteiger partial charge is 0.195 e. The molecule has 8 rings (SSSR count). The molecule has 0 aliphatic rings. The number of benzene rings is 5. The summed E-state index contributed by atoms with van der Waals surface area (Å²) in [6.45, 7) is 7.00. The molecule has 1 radical (unpaired) electrons. The van der Waals surface area contributed by atoms with Crippen LogP contribution in [0.3, 0.4) is 0 Å². The molecule has 3 aromatic heterocycles. The molecule has 0 atom stereocenters. The van der Waals surface area contributed by atoms with Crippen LogP contribution in [0.5, 0.6) is 0 Å². The van der Waals surface area contributed by atoms with Gasteiger partial charge in [-0.25, -0.2) is 13.2 Å². The molecule has 245 valence electrons. The third kappa shape index (κ3) is 6.86. The Hall–Kier alpha value is -4.88. The Morgan fingerprint density at radius 3 is 2.16 bits per heavy atom. The van der Waals surface area contributed by atoms with Crippen molar-refractivity contribution in [3.8, 4) is 33.6 Å². The summed E-state index contributed by atoms with van der Waals surface area (Å²) in [4.78, 5) is 9.09. The summed E-state index contributed by atoms with van der Waals surface area (Å²) >= 11 is 0. The summed E-state index contributed by atoms with van der Waals surface area (Å²) in [7, 11) is -1.23. The van der Waals surface area contributed by atoms with E-state index in [4.69, 9.17) is 4.42 Å². The van der Waals surface area contributed by atoms with E-state index in [0.717, 1.165) is 44.6 Å². The van der Waals surface area contributed by atoms with Crippen LogP contribution in [0.1, 0.15) is 0 Å². The molecule has 0 spiro atoms. The first-order valence-electron chi connectivity index (χ1n) is 15.5.